The van der Waals surface area contributed by atoms with Crippen LogP contribution >= 0.6 is 0 Å². The summed E-state index contributed by atoms with van der Waals surface area (Å²) in [7, 11) is 0. The van der Waals surface area contributed by atoms with Crippen LogP contribution in [-0.2, 0) is 17.6 Å². The maximum Gasteiger partial charge on any atom is 0.307 e. The minimum Gasteiger partial charge on any atom is -0.481 e. The van der Waals surface area contributed by atoms with E-state index in [1.807, 2.05) is 42.5 Å². The van der Waals surface area contributed by atoms with Crippen LogP contribution in [-0.4, -0.2) is 11.1 Å². The number of rotatable bonds is 5. The summed E-state index contributed by atoms with van der Waals surface area (Å²) in [5.74, 6) is -0.795. The van der Waals surface area contributed by atoms with Gasteiger partial charge in [0, 0.05) is 0 Å². The number of carboxylic acid groups (broad SMARTS) is 1. The van der Waals surface area contributed by atoms with E-state index >= 15 is 0 Å². The lowest BCUT2D eigenvalue weighted by Crippen LogP contribution is -1.99. The van der Waals surface area contributed by atoms with Crippen molar-refractivity contribution in [2.75, 3.05) is 0 Å². The highest BCUT2D eigenvalue weighted by Crippen LogP contribution is 2.08. The molecule has 0 amide bonds. The van der Waals surface area contributed by atoms with E-state index < -0.39 is 5.97 Å². The summed E-state index contributed by atoms with van der Waals surface area (Å²) in [6.07, 6.45) is 5.13. The first kappa shape index (κ1) is 13.1. The van der Waals surface area contributed by atoms with Gasteiger partial charge in [0.05, 0.1) is 6.42 Å². The van der Waals surface area contributed by atoms with Crippen LogP contribution in [0.4, 0.5) is 0 Å². The van der Waals surface area contributed by atoms with Gasteiger partial charge in [-0.2, -0.15) is 0 Å². The lowest BCUT2D eigenvalue weighted by Gasteiger charge is -2.00. The van der Waals surface area contributed by atoms with Gasteiger partial charge in [-0.25, -0.2) is 0 Å². The van der Waals surface area contributed by atoms with Crippen LogP contribution in [0.3, 0.4) is 0 Å². The largest absolute Gasteiger partial charge is 0.481 e. The van der Waals surface area contributed by atoms with E-state index in [2.05, 4.69) is 24.3 Å². The first-order chi connectivity index (χ1) is 9.24. The highest BCUT2D eigenvalue weighted by Gasteiger charge is 1.99. The Bertz CT molecular complexity index is 554. The molecule has 0 spiro atoms. The molecule has 0 aliphatic rings. The van der Waals surface area contributed by atoms with E-state index in [0.29, 0.717) is 0 Å². The normalized spacial score (nSPS) is 10.7. The topological polar surface area (TPSA) is 37.3 Å². The maximum atomic E-state index is 10.6. The van der Waals surface area contributed by atoms with E-state index in [1.54, 1.807) is 0 Å². The van der Waals surface area contributed by atoms with Crippen molar-refractivity contribution < 1.29 is 9.90 Å². The molecule has 1 N–H and O–H groups in total. The van der Waals surface area contributed by atoms with Gasteiger partial charge in [0.1, 0.15) is 0 Å². The summed E-state index contributed by atoms with van der Waals surface area (Å²) in [6, 6.07) is 17.9. The van der Waals surface area contributed by atoms with E-state index in [9.17, 15) is 4.79 Å². The summed E-state index contributed by atoms with van der Waals surface area (Å²) >= 11 is 0. The molecule has 2 rings (SSSR count). The number of hydrogen-bond donors (Lipinski definition) is 1. The van der Waals surface area contributed by atoms with Gasteiger partial charge in [-0.3, -0.25) is 4.79 Å². The molecule has 2 aromatic carbocycles. The number of carbonyl (C=O) groups is 1. The Hall–Kier alpha value is -2.35. The van der Waals surface area contributed by atoms with E-state index in [1.165, 1.54) is 11.1 Å². The minimum absolute atomic E-state index is 0.0835. The van der Waals surface area contributed by atoms with Crippen molar-refractivity contribution in [3.8, 4) is 0 Å². The van der Waals surface area contributed by atoms with Crippen molar-refractivity contribution in [3.05, 3.63) is 77.4 Å². The molecule has 0 aliphatic heterocycles. The highest BCUT2D eigenvalue weighted by molar-refractivity contribution is 5.70. The van der Waals surface area contributed by atoms with Gasteiger partial charge in [-0.15, -0.1) is 0 Å². The molecule has 96 valence electrons. The molecule has 0 bridgehead atoms. The third kappa shape index (κ3) is 4.43. The summed E-state index contributed by atoms with van der Waals surface area (Å²) < 4.78 is 0. The number of carboxylic acids is 1. The summed E-state index contributed by atoms with van der Waals surface area (Å²) in [6.45, 7) is 0. The van der Waals surface area contributed by atoms with Crippen molar-refractivity contribution in [2.24, 2.45) is 0 Å². The molecule has 0 unspecified atom stereocenters. The Labute approximate surface area is 113 Å². The Morgan fingerprint density at radius 3 is 2.21 bits per heavy atom. The second kappa shape index (κ2) is 6.55. The molecule has 0 radical (unpaired) electrons. The SMILES string of the molecule is O=C(O)Cc1ccc(CC=Cc2ccccc2)cc1. The summed E-state index contributed by atoms with van der Waals surface area (Å²) in [5, 5.41) is 8.69. The van der Waals surface area contributed by atoms with E-state index in [-0.39, 0.29) is 6.42 Å². The van der Waals surface area contributed by atoms with Crippen molar-refractivity contribution in [3.63, 3.8) is 0 Å². The van der Waals surface area contributed by atoms with Gasteiger partial charge in [-0.1, -0.05) is 66.7 Å². The average Bonchev–Trinajstić information content (AvgIpc) is 2.41. The second-order valence-electron chi connectivity index (χ2n) is 4.40. The molecule has 0 atom stereocenters. The van der Waals surface area contributed by atoms with Crippen LogP contribution in [0.2, 0.25) is 0 Å². The van der Waals surface area contributed by atoms with Crippen LogP contribution in [0.1, 0.15) is 16.7 Å². The van der Waals surface area contributed by atoms with Crippen LogP contribution in [0.25, 0.3) is 6.08 Å². The van der Waals surface area contributed by atoms with Crippen molar-refractivity contribution in [1.82, 2.24) is 0 Å². The Morgan fingerprint density at radius 1 is 0.947 bits per heavy atom. The fourth-order valence-corrected chi connectivity index (χ4v) is 1.86. The lowest BCUT2D eigenvalue weighted by atomic mass is 10.1. The van der Waals surface area contributed by atoms with Crippen molar-refractivity contribution in [2.45, 2.75) is 12.8 Å². The predicted octanol–water partition coefficient (Wildman–Crippen LogP) is 3.57. The molecule has 2 aromatic rings. The summed E-state index contributed by atoms with van der Waals surface area (Å²) in [5.41, 5.74) is 3.20. The number of allylic oxidation sites excluding steroid dienone is 1. The molecular weight excluding hydrogens is 236 g/mol. The minimum atomic E-state index is -0.795. The smallest absolute Gasteiger partial charge is 0.307 e. The molecular formula is C17H16O2. The number of aliphatic carboxylic acids is 1. The van der Waals surface area contributed by atoms with Crippen LogP contribution < -0.4 is 0 Å². The van der Waals surface area contributed by atoms with Gasteiger partial charge in [0.15, 0.2) is 0 Å². The fraction of sp³-hybridized carbons (Fsp3) is 0.118. The molecule has 0 saturated heterocycles. The molecule has 0 heterocycles. The van der Waals surface area contributed by atoms with E-state index in [4.69, 9.17) is 5.11 Å². The molecule has 0 aliphatic carbocycles. The molecule has 2 heteroatoms. The second-order valence-corrected chi connectivity index (χ2v) is 4.40. The molecule has 19 heavy (non-hydrogen) atoms. The zero-order chi connectivity index (χ0) is 13.5. The fourth-order valence-electron chi connectivity index (χ4n) is 1.86. The molecule has 0 saturated carbocycles. The average molecular weight is 252 g/mol. The van der Waals surface area contributed by atoms with Crippen LogP contribution in [0.15, 0.2) is 60.7 Å². The quantitative estimate of drug-likeness (QED) is 0.883. The summed E-state index contributed by atoms with van der Waals surface area (Å²) in [4.78, 5) is 10.6. The van der Waals surface area contributed by atoms with E-state index in [0.717, 1.165) is 12.0 Å². The Kier molecular flexibility index (Phi) is 4.51. The monoisotopic (exact) mass is 252 g/mol. The Balaban J connectivity index is 1.93. The van der Waals surface area contributed by atoms with Gasteiger partial charge in [0.25, 0.3) is 0 Å². The molecule has 0 aromatic heterocycles. The van der Waals surface area contributed by atoms with Gasteiger partial charge in [-0.05, 0) is 23.1 Å². The third-order valence-electron chi connectivity index (χ3n) is 2.84. The zero-order valence-electron chi connectivity index (χ0n) is 10.6. The van der Waals surface area contributed by atoms with Crippen LogP contribution in [0.5, 0.6) is 0 Å². The predicted molar refractivity (Wildman–Crippen MR) is 77.0 cm³/mol. The first-order valence-corrected chi connectivity index (χ1v) is 6.25. The number of hydrogen-bond acceptors (Lipinski definition) is 1. The highest BCUT2D eigenvalue weighted by atomic mass is 16.4. The standard InChI is InChI=1S/C17H16O2/c18-17(19)13-16-11-9-15(10-12-16)8-4-7-14-5-2-1-3-6-14/h1-7,9-12H,8,13H2,(H,18,19). The van der Waals surface area contributed by atoms with Gasteiger partial charge >= 0.3 is 5.97 Å². The van der Waals surface area contributed by atoms with Gasteiger partial charge in [0.2, 0.25) is 0 Å². The van der Waals surface area contributed by atoms with Crippen LogP contribution in [0, 0.1) is 0 Å². The molecule has 2 nitrogen and oxygen atoms in total. The maximum absolute atomic E-state index is 10.6. The Morgan fingerprint density at radius 2 is 1.58 bits per heavy atom. The lowest BCUT2D eigenvalue weighted by molar-refractivity contribution is -0.136. The molecule has 0 fully saturated rings. The third-order valence-corrected chi connectivity index (χ3v) is 2.84. The van der Waals surface area contributed by atoms with Crippen molar-refractivity contribution >= 4 is 12.0 Å². The first-order valence-electron chi connectivity index (χ1n) is 6.25. The number of benzene rings is 2. The van der Waals surface area contributed by atoms with Gasteiger partial charge < -0.3 is 5.11 Å². The van der Waals surface area contributed by atoms with Crippen molar-refractivity contribution in [1.29, 1.82) is 0 Å². The zero-order valence-corrected chi connectivity index (χ0v) is 10.6.